The van der Waals surface area contributed by atoms with Crippen LogP contribution in [0.15, 0.2) is 22.8 Å². The van der Waals surface area contributed by atoms with E-state index in [9.17, 15) is 4.79 Å². The summed E-state index contributed by atoms with van der Waals surface area (Å²) >= 11 is 0. The number of hydrogen-bond donors (Lipinski definition) is 0. The van der Waals surface area contributed by atoms with Crippen molar-refractivity contribution in [3.05, 3.63) is 24.2 Å². The molecule has 3 aliphatic heterocycles. The smallest absolute Gasteiger partial charge is 0.374 e. The van der Waals surface area contributed by atoms with Gasteiger partial charge in [-0.3, -0.25) is 4.90 Å². The van der Waals surface area contributed by atoms with Crippen LogP contribution >= 0.6 is 0 Å². The van der Waals surface area contributed by atoms with Gasteiger partial charge in [-0.2, -0.15) is 0 Å². The Hall–Kier alpha value is -1.29. The van der Waals surface area contributed by atoms with Crippen LogP contribution in [0.1, 0.15) is 23.4 Å². The standard InChI is InChI=1S/C12H15NO3/c14-12(10-2-1-7-15-10)16-11-8-13-5-3-9(11)4-6-13/h1-2,7,9,11H,3-6,8H2/t11-/m0/s1. The predicted molar refractivity (Wildman–Crippen MR) is 57.1 cm³/mol. The van der Waals surface area contributed by atoms with Gasteiger partial charge in [-0.05, 0) is 44.0 Å². The number of rotatable bonds is 2. The molecule has 0 amide bonds. The topological polar surface area (TPSA) is 42.7 Å². The molecule has 2 bridgehead atoms. The maximum Gasteiger partial charge on any atom is 0.374 e. The predicted octanol–water partition coefficient (Wildman–Crippen LogP) is 1.53. The van der Waals surface area contributed by atoms with E-state index in [0.717, 1.165) is 32.5 Å². The molecule has 16 heavy (non-hydrogen) atoms. The average molecular weight is 221 g/mol. The first-order valence-corrected chi connectivity index (χ1v) is 5.80. The van der Waals surface area contributed by atoms with Crippen LogP contribution in [-0.2, 0) is 4.74 Å². The lowest BCUT2D eigenvalue weighted by molar-refractivity contribution is -0.0472. The largest absolute Gasteiger partial charge is 0.457 e. The molecule has 0 N–H and O–H groups in total. The van der Waals surface area contributed by atoms with Crippen molar-refractivity contribution in [2.24, 2.45) is 5.92 Å². The lowest BCUT2D eigenvalue weighted by Gasteiger charge is -2.43. The minimum Gasteiger partial charge on any atom is -0.457 e. The zero-order valence-corrected chi connectivity index (χ0v) is 9.09. The minimum atomic E-state index is -0.330. The second kappa shape index (κ2) is 3.94. The molecule has 1 aromatic heterocycles. The molecule has 1 aromatic rings. The minimum absolute atomic E-state index is 0.0556. The van der Waals surface area contributed by atoms with Gasteiger partial charge in [0, 0.05) is 6.54 Å². The first-order chi connectivity index (χ1) is 7.83. The normalized spacial score (nSPS) is 32.6. The highest BCUT2D eigenvalue weighted by Crippen LogP contribution is 2.29. The Balaban J connectivity index is 1.65. The third-order valence-electron chi connectivity index (χ3n) is 3.58. The van der Waals surface area contributed by atoms with Gasteiger partial charge in [0.25, 0.3) is 0 Å². The SMILES string of the molecule is O=C(O[C@H]1CN2CCC1CC2)c1ccco1. The first kappa shape index (κ1) is 9.90. The Kier molecular flexibility index (Phi) is 2.44. The van der Waals surface area contributed by atoms with Crippen molar-refractivity contribution in [2.75, 3.05) is 19.6 Å². The molecule has 4 nitrogen and oxygen atoms in total. The lowest BCUT2D eigenvalue weighted by atomic mass is 9.86. The molecule has 0 unspecified atom stereocenters. The van der Waals surface area contributed by atoms with E-state index >= 15 is 0 Å². The number of fused-ring (bicyclic) bond motifs is 3. The van der Waals surface area contributed by atoms with Crippen LogP contribution in [0.3, 0.4) is 0 Å². The fourth-order valence-corrected chi connectivity index (χ4v) is 2.63. The Labute approximate surface area is 94.2 Å². The summed E-state index contributed by atoms with van der Waals surface area (Å²) in [6.07, 6.45) is 3.85. The average Bonchev–Trinajstić information content (AvgIpc) is 2.84. The van der Waals surface area contributed by atoms with Crippen LogP contribution in [-0.4, -0.2) is 36.6 Å². The number of nitrogens with zero attached hydrogens (tertiary/aromatic N) is 1. The van der Waals surface area contributed by atoms with E-state index in [-0.39, 0.29) is 12.1 Å². The van der Waals surface area contributed by atoms with Gasteiger partial charge in [-0.1, -0.05) is 0 Å². The maximum absolute atomic E-state index is 11.7. The molecule has 3 aliphatic rings. The van der Waals surface area contributed by atoms with Crippen LogP contribution in [0.4, 0.5) is 0 Å². The second-order valence-electron chi connectivity index (χ2n) is 4.56. The van der Waals surface area contributed by atoms with Crippen molar-refractivity contribution in [3.63, 3.8) is 0 Å². The molecule has 1 atom stereocenters. The van der Waals surface area contributed by atoms with Crippen LogP contribution in [0.5, 0.6) is 0 Å². The summed E-state index contributed by atoms with van der Waals surface area (Å²) < 4.78 is 10.5. The first-order valence-electron chi connectivity index (χ1n) is 5.80. The highest BCUT2D eigenvalue weighted by Gasteiger charge is 2.36. The molecule has 4 rings (SSSR count). The Bertz CT molecular complexity index is 366. The third-order valence-corrected chi connectivity index (χ3v) is 3.58. The monoisotopic (exact) mass is 221 g/mol. The number of carbonyl (C=O) groups excluding carboxylic acids is 1. The van der Waals surface area contributed by atoms with Crippen molar-refractivity contribution >= 4 is 5.97 Å². The molecule has 3 saturated heterocycles. The fourth-order valence-electron chi connectivity index (χ4n) is 2.63. The van der Waals surface area contributed by atoms with Gasteiger partial charge >= 0.3 is 5.97 Å². The Morgan fingerprint density at radius 1 is 1.44 bits per heavy atom. The number of carbonyl (C=O) groups is 1. The molecule has 0 aromatic carbocycles. The molecule has 4 heterocycles. The van der Waals surface area contributed by atoms with Gasteiger partial charge in [-0.15, -0.1) is 0 Å². The molecular weight excluding hydrogens is 206 g/mol. The van der Waals surface area contributed by atoms with Crippen molar-refractivity contribution in [3.8, 4) is 0 Å². The lowest BCUT2D eigenvalue weighted by Crippen LogP contribution is -2.51. The molecule has 0 spiro atoms. The molecule has 86 valence electrons. The molecular formula is C12H15NO3. The van der Waals surface area contributed by atoms with Gasteiger partial charge < -0.3 is 9.15 Å². The van der Waals surface area contributed by atoms with E-state index in [1.165, 1.54) is 6.26 Å². The highest BCUT2D eigenvalue weighted by atomic mass is 16.6. The molecule has 3 fully saturated rings. The van der Waals surface area contributed by atoms with Crippen LogP contribution in [0.25, 0.3) is 0 Å². The fraction of sp³-hybridized carbons (Fsp3) is 0.583. The number of hydrogen-bond acceptors (Lipinski definition) is 4. The van der Waals surface area contributed by atoms with Crippen molar-refractivity contribution in [1.29, 1.82) is 0 Å². The summed E-state index contributed by atoms with van der Waals surface area (Å²) in [5.41, 5.74) is 0. The van der Waals surface area contributed by atoms with E-state index in [1.807, 2.05) is 0 Å². The molecule has 0 aliphatic carbocycles. The van der Waals surface area contributed by atoms with Gasteiger partial charge in [-0.25, -0.2) is 4.79 Å². The Morgan fingerprint density at radius 3 is 2.81 bits per heavy atom. The van der Waals surface area contributed by atoms with E-state index in [2.05, 4.69) is 4.90 Å². The van der Waals surface area contributed by atoms with Gasteiger partial charge in [0.1, 0.15) is 6.10 Å². The van der Waals surface area contributed by atoms with Crippen LogP contribution in [0.2, 0.25) is 0 Å². The van der Waals surface area contributed by atoms with E-state index in [1.54, 1.807) is 12.1 Å². The Morgan fingerprint density at radius 2 is 2.25 bits per heavy atom. The second-order valence-corrected chi connectivity index (χ2v) is 4.56. The molecule has 4 heteroatoms. The maximum atomic E-state index is 11.7. The van der Waals surface area contributed by atoms with Crippen molar-refractivity contribution in [1.82, 2.24) is 4.90 Å². The van der Waals surface area contributed by atoms with E-state index in [4.69, 9.17) is 9.15 Å². The van der Waals surface area contributed by atoms with E-state index < -0.39 is 0 Å². The van der Waals surface area contributed by atoms with Crippen LogP contribution in [0, 0.1) is 5.92 Å². The molecule has 0 saturated carbocycles. The summed E-state index contributed by atoms with van der Waals surface area (Å²) in [5.74, 6) is 0.518. The van der Waals surface area contributed by atoms with Gasteiger partial charge in [0.15, 0.2) is 0 Å². The van der Waals surface area contributed by atoms with E-state index in [0.29, 0.717) is 11.7 Å². The summed E-state index contributed by atoms with van der Waals surface area (Å²) in [5, 5.41) is 0. The zero-order valence-electron chi connectivity index (χ0n) is 9.09. The summed E-state index contributed by atoms with van der Waals surface area (Å²) in [4.78, 5) is 14.1. The van der Waals surface area contributed by atoms with Crippen molar-refractivity contribution < 1.29 is 13.9 Å². The third kappa shape index (κ3) is 1.73. The highest BCUT2D eigenvalue weighted by molar-refractivity contribution is 5.86. The molecule has 0 radical (unpaired) electrons. The number of piperidine rings is 3. The van der Waals surface area contributed by atoms with Gasteiger partial charge in [0.2, 0.25) is 5.76 Å². The summed E-state index contributed by atoms with van der Waals surface area (Å²) in [7, 11) is 0. The summed E-state index contributed by atoms with van der Waals surface area (Å²) in [6, 6.07) is 3.34. The van der Waals surface area contributed by atoms with Gasteiger partial charge in [0.05, 0.1) is 6.26 Å². The number of esters is 1. The number of ether oxygens (including phenoxy) is 1. The quantitative estimate of drug-likeness (QED) is 0.710. The zero-order chi connectivity index (χ0) is 11.0. The summed E-state index contributed by atoms with van der Waals surface area (Å²) in [6.45, 7) is 3.19. The number of furan rings is 1. The van der Waals surface area contributed by atoms with Crippen molar-refractivity contribution in [2.45, 2.75) is 18.9 Å². The van der Waals surface area contributed by atoms with Crippen LogP contribution < -0.4 is 0 Å².